The molecule has 0 atom stereocenters. The lowest BCUT2D eigenvalue weighted by Gasteiger charge is -2.19. The molecule has 4 rings (SSSR count). The van der Waals surface area contributed by atoms with Crippen LogP contribution in [0, 0.1) is 5.82 Å². The smallest absolute Gasteiger partial charge is 0.419 e. The lowest BCUT2D eigenvalue weighted by atomic mass is 10.0. The minimum Gasteiger partial charge on any atom is -0.443 e. The third-order valence-corrected chi connectivity index (χ3v) is 5.23. The fourth-order valence-electron chi connectivity index (χ4n) is 3.33. The molecule has 2 heterocycles. The van der Waals surface area contributed by atoms with E-state index in [0.29, 0.717) is 17.0 Å². The lowest BCUT2D eigenvalue weighted by molar-refractivity contribution is 0.0544. The number of carbonyl (C=O) groups excluding carboxylic acids is 1. The van der Waals surface area contributed by atoms with Crippen LogP contribution in [0.5, 0.6) is 0 Å². The minimum atomic E-state index is -0.660. The van der Waals surface area contributed by atoms with Crippen molar-refractivity contribution in [1.82, 2.24) is 9.55 Å². The number of carbonyl (C=O) groups is 1. The fourth-order valence-corrected chi connectivity index (χ4v) is 3.71. The number of hydrogen-bond donors (Lipinski definition) is 0. The van der Waals surface area contributed by atoms with Crippen molar-refractivity contribution in [2.75, 3.05) is 12.0 Å². The Bertz CT molecular complexity index is 1240. The zero-order chi connectivity index (χ0) is 21.5. The summed E-state index contributed by atoms with van der Waals surface area (Å²) in [6.45, 7) is 5.39. The molecule has 156 valence electrons. The fraction of sp³-hybridized carbons (Fsp3) is 0.304. The molecule has 5 nitrogen and oxygen atoms in total. The van der Waals surface area contributed by atoms with E-state index in [9.17, 15) is 9.18 Å². The summed E-state index contributed by atoms with van der Waals surface area (Å²) in [6.07, 6.45) is 3.95. The molecule has 30 heavy (non-hydrogen) atoms. The Morgan fingerprint density at radius 1 is 1.23 bits per heavy atom. The van der Waals surface area contributed by atoms with Gasteiger partial charge in [-0.3, -0.25) is 4.57 Å². The predicted octanol–water partition coefficient (Wildman–Crippen LogP) is 6.28. The molecular formula is C23H23FN2O3S. The van der Waals surface area contributed by atoms with Gasteiger partial charge in [-0.05, 0) is 62.9 Å². The molecule has 0 aliphatic rings. The standard InChI is InChI=1S/C23H23FN2O3S/c1-23(2,3)29-22(27)26-13-17(16-7-6-15(24)12-19(16)26)14-5-8-18-20(11-14)28-21(25-18)9-10-30-4/h5-8,11-13H,9-10H2,1-4H3. The molecule has 0 unspecified atom stereocenters. The van der Waals surface area contributed by atoms with Crippen LogP contribution < -0.4 is 0 Å². The van der Waals surface area contributed by atoms with Crippen molar-refractivity contribution in [1.29, 1.82) is 0 Å². The van der Waals surface area contributed by atoms with Gasteiger partial charge in [0.15, 0.2) is 11.5 Å². The van der Waals surface area contributed by atoms with Gasteiger partial charge in [0, 0.05) is 29.3 Å². The van der Waals surface area contributed by atoms with Gasteiger partial charge in [0.05, 0.1) is 5.52 Å². The van der Waals surface area contributed by atoms with Crippen LogP contribution in [0.15, 0.2) is 47.0 Å². The van der Waals surface area contributed by atoms with Gasteiger partial charge in [0.1, 0.15) is 16.9 Å². The molecule has 0 N–H and O–H groups in total. The number of ether oxygens (including phenoxy) is 1. The van der Waals surface area contributed by atoms with Crippen molar-refractivity contribution >= 4 is 39.9 Å². The summed E-state index contributed by atoms with van der Waals surface area (Å²) in [5, 5.41) is 0.753. The number of benzene rings is 2. The molecule has 0 radical (unpaired) electrons. The molecule has 4 aromatic rings. The molecule has 0 bridgehead atoms. The highest BCUT2D eigenvalue weighted by Gasteiger charge is 2.22. The minimum absolute atomic E-state index is 0.416. The molecule has 0 fully saturated rings. The van der Waals surface area contributed by atoms with Crippen molar-refractivity contribution in [2.24, 2.45) is 0 Å². The Hall–Kier alpha value is -2.80. The number of aromatic nitrogens is 2. The van der Waals surface area contributed by atoms with E-state index in [-0.39, 0.29) is 0 Å². The van der Waals surface area contributed by atoms with E-state index in [1.807, 2.05) is 24.5 Å². The summed E-state index contributed by atoms with van der Waals surface area (Å²) in [7, 11) is 0. The second-order valence-electron chi connectivity index (χ2n) is 8.09. The Labute approximate surface area is 178 Å². The summed E-state index contributed by atoms with van der Waals surface area (Å²) < 4.78 is 26.7. The monoisotopic (exact) mass is 426 g/mol. The van der Waals surface area contributed by atoms with Gasteiger partial charge < -0.3 is 9.15 Å². The van der Waals surface area contributed by atoms with Crippen molar-refractivity contribution in [3.05, 3.63) is 54.3 Å². The van der Waals surface area contributed by atoms with Crippen LogP contribution in [0.4, 0.5) is 9.18 Å². The van der Waals surface area contributed by atoms with Gasteiger partial charge in [-0.15, -0.1) is 0 Å². The summed E-state index contributed by atoms with van der Waals surface area (Å²) in [5.74, 6) is 1.23. The van der Waals surface area contributed by atoms with E-state index >= 15 is 0 Å². The van der Waals surface area contributed by atoms with Crippen molar-refractivity contribution in [3.63, 3.8) is 0 Å². The zero-order valence-corrected chi connectivity index (χ0v) is 18.2. The molecule has 0 aliphatic carbocycles. The Morgan fingerprint density at radius 2 is 2.03 bits per heavy atom. The first kappa shape index (κ1) is 20.5. The van der Waals surface area contributed by atoms with Gasteiger partial charge >= 0.3 is 6.09 Å². The number of hydrogen-bond acceptors (Lipinski definition) is 5. The largest absolute Gasteiger partial charge is 0.443 e. The summed E-state index contributed by atoms with van der Waals surface area (Å²) in [6, 6.07) is 10.1. The number of rotatable bonds is 4. The van der Waals surface area contributed by atoms with E-state index in [4.69, 9.17) is 9.15 Å². The highest BCUT2D eigenvalue weighted by atomic mass is 32.2. The van der Waals surface area contributed by atoms with Gasteiger partial charge in [-0.1, -0.05) is 6.07 Å². The maximum Gasteiger partial charge on any atom is 0.419 e. The van der Waals surface area contributed by atoms with E-state index in [2.05, 4.69) is 4.98 Å². The average molecular weight is 427 g/mol. The predicted molar refractivity (Wildman–Crippen MR) is 119 cm³/mol. The molecule has 0 aliphatic heterocycles. The van der Waals surface area contributed by atoms with Gasteiger partial charge in [-0.25, -0.2) is 14.2 Å². The maximum atomic E-state index is 14.0. The molecule has 0 spiro atoms. The van der Waals surface area contributed by atoms with Crippen LogP contribution in [0.2, 0.25) is 0 Å². The number of halogens is 1. The van der Waals surface area contributed by atoms with Crippen molar-refractivity contribution in [2.45, 2.75) is 32.8 Å². The van der Waals surface area contributed by atoms with Crippen LogP contribution in [-0.4, -0.2) is 33.3 Å². The van der Waals surface area contributed by atoms with Crippen molar-refractivity contribution in [3.8, 4) is 11.1 Å². The molecule has 0 amide bonds. The number of nitrogens with zero attached hydrogens (tertiary/aromatic N) is 2. The summed E-state index contributed by atoms with van der Waals surface area (Å²) in [5.41, 5.74) is 2.92. The first-order valence-electron chi connectivity index (χ1n) is 9.68. The first-order chi connectivity index (χ1) is 14.2. The van der Waals surface area contributed by atoms with Gasteiger partial charge in [0.25, 0.3) is 0 Å². The van der Waals surface area contributed by atoms with Crippen LogP contribution in [0.25, 0.3) is 33.1 Å². The van der Waals surface area contributed by atoms with E-state index in [1.165, 1.54) is 16.7 Å². The van der Waals surface area contributed by atoms with Crippen LogP contribution in [-0.2, 0) is 11.2 Å². The normalized spacial score (nSPS) is 12.0. The molecule has 0 saturated carbocycles. The SMILES string of the molecule is CSCCc1nc2ccc(-c3cn(C(=O)OC(C)(C)C)c4cc(F)ccc34)cc2o1. The second kappa shape index (κ2) is 7.80. The topological polar surface area (TPSA) is 57.3 Å². The maximum absolute atomic E-state index is 14.0. The number of thioether (sulfide) groups is 1. The number of aryl methyl sites for hydroxylation is 1. The third kappa shape index (κ3) is 4.07. The molecular weight excluding hydrogens is 403 g/mol. The Kier molecular flexibility index (Phi) is 5.32. The molecule has 7 heteroatoms. The van der Waals surface area contributed by atoms with Crippen LogP contribution in [0.3, 0.4) is 0 Å². The average Bonchev–Trinajstić information content (AvgIpc) is 3.25. The molecule has 2 aromatic heterocycles. The lowest BCUT2D eigenvalue weighted by Crippen LogP contribution is -2.26. The highest BCUT2D eigenvalue weighted by molar-refractivity contribution is 7.98. The van der Waals surface area contributed by atoms with Crippen molar-refractivity contribution < 1.29 is 18.3 Å². The van der Waals surface area contributed by atoms with E-state index < -0.39 is 17.5 Å². The summed E-state index contributed by atoms with van der Waals surface area (Å²) >= 11 is 1.74. The second-order valence-corrected chi connectivity index (χ2v) is 9.07. The zero-order valence-electron chi connectivity index (χ0n) is 17.4. The third-order valence-electron chi connectivity index (χ3n) is 4.62. The quantitative estimate of drug-likeness (QED) is 0.384. The highest BCUT2D eigenvalue weighted by Crippen LogP contribution is 2.33. The first-order valence-corrected chi connectivity index (χ1v) is 11.1. The van der Waals surface area contributed by atoms with E-state index in [1.54, 1.807) is 44.8 Å². The summed E-state index contributed by atoms with van der Waals surface area (Å²) in [4.78, 5) is 17.3. The Morgan fingerprint density at radius 3 is 2.77 bits per heavy atom. The Balaban J connectivity index is 1.81. The molecule has 2 aromatic carbocycles. The van der Waals surface area contributed by atoms with E-state index in [0.717, 1.165) is 34.2 Å². The van der Waals surface area contributed by atoms with Gasteiger partial charge in [0.2, 0.25) is 0 Å². The number of oxazole rings is 1. The molecule has 0 saturated heterocycles. The van der Waals surface area contributed by atoms with Gasteiger partial charge in [-0.2, -0.15) is 11.8 Å². The van der Waals surface area contributed by atoms with Crippen LogP contribution in [0.1, 0.15) is 26.7 Å². The van der Waals surface area contributed by atoms with Crippen LogP contribution >= 0.6 is 11.8 Å². The number of fused-ring (bicyclic) bond motifs is 2.